The van der Waals surface area contributed by atoms with E-state index < -0.39 is 0 Å². The molecular weight excluding hydrogens is 364 g/mol. The van der Waals surface area contributed by atoms with Crippen molar-refractivity contribution in [3.05, 3.63) is 20.2 Å². The average Bonchev–Trinajstić information content (AvgIpc) is 2.40. The first kappa shape index (κ1) is 11.0. The third-order valence-corrected chi connectivity index (χ3v) is 3.83. The van der Waals surface area contributed by atoms with E-state index in [2.05, 4.69) is 37.1 Å². The molecule has 0 saturated carbocycles. The first-order chi connectivity index (χ1) is 7.66. The molecule has 4 nitrogen and oxygen atoms in total. The maximum Gasteiger partial charge on any atom is 0.225 e. The van der Waals surface area contributed by atoms with Gasteiger partial charge >= 0.3 is 0 Å². The van der Waals surface area contributed by atoms with Gasteiger partial charge in [0.05, 0.1) is 24.6 Å². The summed E-state index contributed by atoms with van der Waals surface area (Å²) in [5.41, 5.74) is 0.780. The van der Waals surface area contributed by atoms with Crippen LogP contribution in [-0.2, 0) is 4.74 Å². The number of ether oxygens (including phenoxy) is 1. The summed E-state index contributed by atoms with van der Waals surface area (Å²) in [6, 6.07) is 0.327. The van der Waals surface area contributed by atoms with E-state index in [1.165, 1.54) is 0 Å². The summed E-state index contributed by atoms with van der Waals surface area (Å²) in [6.07, 6.45) is 2.01. The molecule has 1 saturated heterocycles. The molecule has 0 spiro atoms. The number of hydrogen-bond acceptors (Lipinski definition) is 3. The second-order valence-electron chi connectivity index (χ2n) is 3.56. The molecule has 0 N–H and O–H groups in total. The van der Waals surface area contributed by atoms with Gasteiger partial charge in [0.25, 0.3) is 0 Å². The number of aromatic nitrogens is 3. The summed E-state index contributed by atoms with van der Waals surface area (Å²) in [5, 5.41) is 1.44. The smallest absolute Gasteiger partial charge is 0.225 e. The largest absolute Gasteiger partial charge is 0.377 e. The molecule has 0 bridgehead atoms. The van der Waals surface area contributed by atoms with Gasteiger partial charge in [-0.15, -0.1) is 0 Å². The van der Waals surface area contributed by atoms with Crippen LogP contribution in [0.15, 0.2) is 6.20 Å². The zero-order valence-electron chi connectivity index (χ0n) is 7.95. The Balaban J connectivity index is 2.29. The summed E-state index contributed by atoms with van der Waals surface area (Å²) >= 11 is 14.1. The highest BCUT2D eigenvalue weighted by atomic mass is 127. The molecule has 0 radical (unpaired) electrons. The van der Waals surface area contributed by atoms with Crippen molar-refractivity contribution >= 4 is 56.8 Å². The van der Waals surface area contributed by atoms with Gasteiger partial charge in [-0.1, -0.05) is 11.6 Å². The Morgan fingerprint density at radius 1 is 1.38 bits per heavy atom. The van der Waals surface area contributed by atoms with Crippen LogP contribution in [0.4, 0.5) is 0 Å². The molecule has 7 heteroatoms. The molecule has 0 unspecified atom stereocenters. The van der Waals surface area contributed by atoms with Crippen molar-refractivity contribution in [2.75, 3.05) is 13.2 Å². The number of rotatable bonds is 1. The lowest BCUT2D eigenvalue weighted by Gasteiger charge is -2.27. The summed E-state index contributed by atoms with van der Waals surface area (Å²) in [4.78, 5) is 8.18. The van der Waals surface area contributed by atoms with Crippen LogP contribution in [-0.4, -0.2) is 27.7 Å². The van der Waals surface area contributed by atoms with Crippen molar-refractivity contribution in [3.8, 4) is 0 Å². The van der Waals surface area contributed by atoms with Gasteiger partial charge in [0, 0.05) is 9.77 Å². The van der Waals surface area contributed by atoms with Gasteiger partial charge in [0.2, 0.25) is 5.28 Å². The third-order valence-electron chi connectivity index (χ3n) is 2.57. The topological polar surface area (TPSA) is 39.9 Å². The SMILES string of the molecule is Clc1nc(Cl)c2c(I)cn(C3COC3)c2n1. The first-order valence-corrected chi connectivity index (χ1v) is 6.47. The lowest BCUT2D eigenvalue weighted by Crippen LogP contribution is -2.30. The normalized spacial score (nSPS) is 16.7. The quantitative estimate of drug-likeness (QED) is 0.441. The summed E-state index contributed by atoms with van der Waals surface area (Å²) < 4.78 is 8.26. The van der Waals surface area contributed by atoms with Crippen molar-refractivity contribution in [2.45, 2.75) is 6.04 Å². The van der Waals surface area contributed by atoms with Crippen LogP contribution in [0.2, 0.25) is 10.4 Å². The molecule has 1 fully saturated rings. The average molecular weight is 370 g/mol. The molecule has 0 aliphatic carbocycles. The van der Waals surface area contributed by atoms with Crippen molar-refractivity contribution in [3.63, 3.8) is 0 Å². The zero-order chi connectivity index (χ0) is 11.3. The van der Waals surface area contributed by atoms with E-state index in [0.29, 0.717) is 24.4 Å². The van der Waals surface area contributed by atoms with E-state index >= 15 is 0 Å². The molecule has 0 amide bonds. The van der Waals surface area contributed by atoms with Crippen LogP contribution in [0.1, 0.15) is 6.04 Å². The third kappa shape index (κ3) is 1.61. The molecule has 1 aliphatic heterocycles. The van der Waals surface area contributed by atoms with Crippen molar-refractivity contribution in [1.82, 2.24) is 14.5 Å². The molecule has 16 heavy (non-hydrogen) atoms. The van der Waals surface area contributed by atoms with Gasteiger partial charge in [0.1, 0.15) is 10.8 Å². The van der Waals surface area contributed by atoms with Gasteiger partial charge in [0.15, 0.2) is 0 Å². The van der Waals surface area contributed by atoms with Gasteiger partial charge in [-0.05, 0) is 34.2 Å². The van der Waals surface area contributed by atoms with Gasteiger partial charge in [-0.2, -0.15) is 4.98 Å². The minimum atomic E-state index is 0.175. The minimum absolute atomic E-state index is 0.175. The van der Waals surface area contributed by atoms with Crippen molar-refractivity contribution in [1.29, 1.82) is 0 Å². The second-order valence-corrected chi connectivity index (χ2v) is 5.42. The first-order valence-electron chi connectivity index (χ1n) is 4.63. The molecule has 0 atom stereocenters. The van der Waals surface area contributed by atoms with Crippen molar-refractivity contribution < 1.29 is 4.74 Å². The van der Waals surface area contributed by atoms with E-state index in [4.69, 9.17) is 27.9 Å². The summed E-state index contributed by atoms with van der Waals surface area (Å²) in [6.45, 7) is 1.41. The van der Waals surface area contributed by atoms with Gasteiger partial charge in [-0.25, -0.2) is 4.98 Å². The highest BCUT2D eigenvalue weighted by Gasteiger charge is 2.24. The maximum atomic E-state index is 6.06. The lowest BCUT2D eigenvalue weighted by atomic mass is 10.2. The molecule has 1 aliphatic rings. The Morgan fingerprint density at radius 3 is 2.75 bits per heavy atom. The standard InChI is InChI=1S/C9H6Cl2IN3O/c10-7-6-5(12)1-15(4-2-16-3-4)8(6)14-9(11)13-7/h1,4H,2-3H2. The molecule has 2 aromatic rings. The zero-order valence-corrected chi connectivity index (χ0v) is 11.6. The summed E-state index contributed by atoms with van der Waals surface area (Å²) in [7, 11) is 0. The van der Waals surface area contributed by atoms with E-state index in [1.807, 2.05) is 6.20 Å². The Kier molecular flexibility index (Phi) is 2.73. The van der Waals surface area contributed by atoms with Crippen LogP contribution in [0, 0.1) is 3.57 Å². The molecule has 0 aromatic carbocycles. The Labute approximate surface area is 115 Å². The van der Waals surface area contributed by atoms with Gasteiger partial charge in [-0.3, -0.25) is 0 Å². The monoisotopic (exact) mass is 369 g/mol. The molecule has 3 heterocycles. The number of halogens is 3. The predicted molar refractivity (Wildman–Crippen MR) is 70.1 cm³/mol. The Bertz CT molecular complexity index is 567. The molecular formula is C9H6Cl2IN3O. The molecule has 84 valence electrons. The number of fused-ring (bicyclic) bond motifs is 1. The highest BCUT2D eigenvalue weighted by molar-refractivity contribution is 14.1. The fourth-order valence-corrected chi connectivity index (χ4v) is 3.13. The van der Waals surface area contributed by atoms with Crippen LogP contribution in [0.25, 0.3) is 11.0 Å². The molecule has 3 rings (SSSR count). The fraction of sp³-hybridized carbons (Fsp3) is 0.333. The Morgan fingerprint density at radius 2 is 2.12 bits per heavy atom. The highest BCUT2D eigenvalue weighted by Crippen LogP contribution is 2.32. The number of hydrogen-bond donors (Lipinski definition) is 0. The van der Waals surface area contributed by atoms with E-state index in [0.717, 1.165) is 14.6 Å². The van der Waals surface area contributed by atoms with E-state index in [9.17, 15) is 0 Å². The summed E-state index contributed by atoms with van der Waals surface area (Å²) in [5.74, 6) is 0. The lowest BCUT2D eigenvalue weighted by molar-refractivity contribution is -0.0216. The van der Waals surface area contributed by atoms with E-state index in [1.54, 1.807) is 0 Å². The second kappa shape index (κ2) is 3.97. The minimum Gasteiger partial charge on any atom is -0.377 e. The van der Waals surface area contributed by atoms with E-state index in [-0.39, 0.29) is 5.28 Å². The van der Waals surface area contributed by atoms with Crippen molar-refractivity contribution in [2.24, 2.45) is 0 Å². The van der Waals surface area contributed by atoms with Gasteiger partial charge < -0.3 is 9.30 Å². The number of nitrogens with zero attached hydrogens (tertiary/aromatic N) is 3. The van der Waals surface area contributed by atoms with Crippen LogP contribution in [0.5, 0.6) is 0 Å². The maximum absolute atomic E-state index is 6.06. The predicted octanol–water partition coefficient (Wildman–Crippen LogP) is 2.91. The van der Waals surface area contributed by atoms with Crippen LogP contribution >= 0.6 is 45.8 Å². The van der Waals surface area contributed by atoms with Crippen LogP contribution < -0.4 is 0 Å². The fourth-order valence-electron chi connectivity index (χ4n) is 1.70. The Hall–Kier alpha value is -0.110. The molecule has 2 aromatic heterocycles. The van der Waals surface area contributed by atoms with Crippen LogP contribution in [0.3, 0.4) is 0 Å².